The molecular weight excluding hydrogens is 439 g/mol. The van der Waals surface area contributed by atoms with Crippen molar-refractivity contribution in [2.45, 2.75) is 30.0 Å². The van der Waals surface area contributed by atoms with E-state index >= 15 is 0 Å². The summed E-state index contributed by atoms with van der Waals surface area (Å²) in [5.74, 6) is -0.550. The summed E-state index contributed by atoms with van der Waals surface area (Å²) in [5.41, 5.74) is -1.07. The number of nitrogens with one attached hydrogen (secondary N) is 2. The molecule has 6 nitrogen and oxygen atoms in total. The SMILES string of the molecule is O=C(CNS(=O)(=O)c1cccc(C(F)(F)F)c1)NCC(c1cccs1)N1CCCC1. The summed E-state index contributed by atoms with van der Waals surface area (Å²) in [5, 5.41) is 4.69. The van der Waals surface area contributed by atoms with Crippen molar-refractivity contribution in [3.05, 3.63) is 52.2 Å². The first-order chi connectivity index (χ1) is 14.2. The van der Waals surface area contributed by atoms with Crippen LogP contribution in [-0.2, 0) is 21.0 Å². The van der Waals surface area contributed by atoms with Crippen molar-refractivity contribution in [1.82, 2.24) is 14.9 Å². The van der Waals surface area contributed by atoms with E-state index in [1.807, 2.05) is 17.5 Å². The molecule has 1 aromatic carbocycles. The van der Waals surface area contributed by atoms with Crippen molar-refractivity contribution in [1.29, 1.82) is 0 Å². The number of rotatable bonds is 8. The van der Waals surface area contributed by atoms with Crippen LogP contribution in [0.4, 0.5) is 13.2 Å². The summed E-state index contributed by atoms with van der Waals surface area (Å²) in [4.78, 5) is 15.0. The second-order valence-corrected chi connectivity index (χ2v) is 9.67. The van der Waals surface area contributed by atoms with E-state index in [1.165, 1.54) is 0 Å². The third-order valence-electron chi connectivity index (χ3n) is 4.84. The molecule has 3 rings (SSSR count). The number of carbonyl (C=O) groups excluding carboxylic acids is 1. The van der Waals surface area contributed by atoms with Crippen LogP contribution in [0, 0.1) is 0 Å². The Bertz CT molecular complexity index is 957. The lowest BCUT2D eigenvalue weighted by atomic mass is 10.2. The molecule has 1 saturated heterocycles. The smallest absolute Gasteiger partial charge is 0.353 e. The molecule has 1 amide bonds. The summed E-state index contributed by atoms with van der Waals surface area (Å²) in [6.45, 7) is 1.63. The zero-order valence-electron chi connectivity index (χ0n) is 16.0. The van der Waals surface area contributed by atoms with E-state index in [0.717, 1.165) is 49.0 Å². The molecule has 1 atom stereocenters. The van der Waals surface area contributed by atoms with Crippen LogP contribution in [-0.4, -0.2) is 45.4 Å². The Balaban J connectivity index is 1.58. The summed E-state index contributed by atoms with van der Waals surface area (Å²) >= 11 is 1.59. The number of sulfonamides is 1. The number of amides is 1. The Morgan fingerprint density at radius 2 is 1.90 bits per heavy atom. The van der Waals surface area contributed by atoms with Crippen LogP contribution >= 0.6 is 11.3 Å². The fourth-order valence-corrected chi connectivity index (χ4v) is 5.19. The minimum atomic E-state index is -4.66. The average molecular weight is 462 g/mol. The number of halogens is 3. The summed E-state index contributed by atoms with van der Waals surface area (Å²) in [6, 6.07) is 7.34. The van der Waals surface area contributed by atoms with E-state index in [4.69, 9.17) is 0 Å². The number of likely N-dealkylation sites (tertiary alicyclic amines) is 1. The molecular formula is C19H22F3N3O3S2. The normalized spacial score (nSPS) is 16.5. The molecule has 1 aliphatic rings. The lowest BCUT2D eigenvalue weighted by Crippen LogP contribution is -2.41. The third kappa shape index (κ3) is 5.81. The standard InChI is InChI=1S/C19H22F3N3O3S2/c20-19(21,22)14-5-3-6-15(11-14)30(27,28)24-13-18(26)23-12-16(17-7-4-10-29-17)25-8-1-2-9-25/h3-7,10-11,16,24H,1-2,8-9,12-13H2,(H,23,26). The molecule has 2 heterocycles. The van der Waals surface area contributed by atoms with Gasteiger partial charge in [-0.1, -0.05) is 12.1 Å². The topological polar surface area (TPSA) is 78.5 Å². The molecule has 1 aromatic heterocycles. The molecule has 0 bridgehead atoms. The van der Waals surface area contributed by atoms with E-state index < -0.39 is 39.1 Å². The Kier molecular flexibility index (Phi) is 7.17. The van der Waals surface area contributed by atoms with Crippen molar-refractivity contribution in [2.24, 2.45) is 0 Å². The molecule has 0 radical (unpaired) electrons. The number of thiophene rings is 1. The number of benzene rings is 1. The van der Waals surface area contributed by atoms with E-state index in [0.29, 0.717) is 12.6 Å². The molecule has 2 aromatic rings. The fraction of sp³-hybridized carbons (Fsp3) is 0.421. The van der Waals surface area contributed by atoms with Crippen molar-refractivity contribution < 1.29 is 26.4 Å². The maximum atomic E-state index is 12.8. The van der Waals surface area contributed by atoms with Crippen molar-refractivity contribution >= 4 is 27.3 Å². The predicted octanol–water partition coefficient (Wildman–Crippen LogP) is 3.00. The Morgan fingerprint density at radius 3 is 2.53 bits per heavy atom. The van der Waals surface area contributed by atoms with Crippen molar-refractivity contribution in [3.8, 4) is 0 Å². The summed E-state index contributed by atoms with van der Waals surface area (Å²) in [6.07, 6.45) is -2.48. The van der Waals surface area contributed by atoms with Gasteiger partial charge in [0.15, 0.2) is 0 Å². The second-order valence-electron chi connectivity index (χ2n) is 6.93. The van der Waals surface area contributed by atoms with Crippen LogP contribution in [0.15, 0.2) is 46.7 Å². The Morgan fingerprint density at radius 1 is 1.17 bits per heavy atom. The van der Waals surface area contributed by atoms with E-state index in [-0.39, 0.29) is 6.04 Å². The molecule has 164 valence electrons. The largest absolute Gasteiger partial charge is 0.416 e. The lowest BCUT2D eigenvalue weighted by molar-refractivity contribution is -0.137. The van der Waals surface area contributed by atoms with Gasteiger partial charge in [-0.15, -0.1) is 11.3 Å². The third-order valence-corrected chi connectivity index (χ3v) is 7.21. The van der Waals surface area contributed by atoms with Gasteiger partial charge in [0.1, 0.15) is 0 Å². The van der Waals surface area contributed by atoms with E-state index in [1.54, 1.807) is 11.3 Å². The number of alkyl halides is 3. The molecule has 1 aliphatic heterocycles. The van der Waals surface area contributed by atoms with Crippen LogP contribution in [0.3, 0.4) is 0 Å². The first kappa shape index (κ1) is 22.7. The monoisotopic (exact) mass is 461 g/mol. The van der Waals surface area contributed by atoms with Gasteiger partial charge in [0, 0.05) is 11.4 Å². The highest BCUT2D eigenvalue weighted by Gasteiger charge is 2.32. The molecule has 30 heavy (non-hydrogen) atoms. The van der Waals surface area contributed by atoms with Gasteiger partial charge in [0.25, 0.3) is 0 Å². The molecule has 2 N–H and O–H groups in total. The summed E-state index contributed by atoms with van der Waals surface area (Å²) < 4.78 is 65.1. The molecule has 0 aliphatic carbocycles. The van der Waals surface area contributed by atoms with E-state index in [2.05, 4.69) is 14.9 Å². The fourth-order valence-electron chi connectivity index (χ4n) is 3.30. The maximum Gasteiger partial charge on any atom is 0.416 e. The van der Waals surface area contributed by atoms with Crippen molar-refractivity contribution in [2.75, 3.05) is 26.2 Å². The van der Waals surface area contributed by atoms with Crippen LogP contribution < -0.4 is 10.0 Å². The highest BCUT2D eigenvalue weighted by atomic mass is 32.2. The van der Waals surface area contributed by atoms with Gasteiger partial charge in [-0.3, -0.25) is 9.69 Å². The van der Waals surface area contributed by atoms with Gasteiger partial charge in [0.05, 0.1) is 23.0 Å². The van der Waals surface area contributed by atoms with Crippen molar-refractivity contribution in [3.63, 3.8) is 0 Å². The second kappa shape index (κ2) is 9.46. The Hall–Kier alpha value is -1.95. The van der Waals surface area contributed by atoms with Gasteiger partial charge in [-0.2, -0.15) is 13.2 Å². The van der Waals surface area contributed by atoms with Gasteiger partial charge in [-0.25, -0.2) is 13.1 Å². The lowest BCUT2D eigenvalue weighted by Gasteiger charge is -2.26. The number of carbonyl (C=O) groups is 1. The van der Waals surface area contributed by atoms with Crippen LogP contribution in [0.5, 0.6) is 0 Å². The zero-order valence-corrected chi connectivity index (χ0v) is 17.6. The number of hydrogen-bond acceptors (Lipinski definition) is 5. The minimum absolute atomic E-state index is 0.0107. The molecule has 0 saturated carbocycles. The first-order valence-corrected chi connectivity index (χ1v) is 11.7. The highest BCUT2D eigenvalue weighted by molar-refractivity contribution is 7.89. The highest BCUT2D eigenvalue weighted by Crippen LogP contribution is 2.30. The molecule has 1 fully saturated rings. The molecule has 11 heteroatoms. The van der Waals surface area contributed by atoms with Gasteiger partial charge in [-0.05, 0) is 55.6 Å². The Labute approximate surface area is 177 Å². The zero-order chi connectivity index (χ0) is 21.8. The average Bonchev–Trinajstić information content (AvgIpc) is 3.41. The number of nitrogens with zero attached hydrogens (tertiary/aromatic N) is 1. The molecule has 0 spiro atoms. The minimum Gasteiger partial charge on any atom is -0.353 e. The van der Waals surface area contributed by atoms with E-state index in [9.17, 15) is 26.4 Å². The summed E-state index contributed by atoms with van der Waals surface area (Å²) in [7, 11) is -4.25. The van der Waals surface area contributed by atoms with Crippen LogP contribution in [0.1, 0.15) is 29.3 Å². The van der Waals surface area contributed by atoms with Gasteiger partial charge < -0.3 is 5.32 Å². The quantitative estimate of drug-likeness (QED) is 0.634. The maximum absolute atomic E-state index is 12.8. The molecule has 1 unspecified atom stereocenters. The van der Waals surface area contributed by atoms with Crippen LogP contribution in [0.2, 0.25) is 0 Å². The van der Waals surface area contributed by atoms with Gasteiger partial charge in [0.2, 0.25) is 15.9 Å². The predicted molar refractivity (Wildman–Crippen MR) is 108 cm³/mol. The van der Waals surface area contributed by atoms with Crippen LogP contribution in [0.25, 0.3) is 0 Å². The number of hydrogen-bond donors (Lipinski definition) is 2. The first-order valence-electron chi connectivity index (χ1n) is 9.38. The van der Waals surface area contributed by atoms with Gasteiger partial charge >= 0.3 is 6.18 Å².